The lowest BCUT2D eigenvalue weighted by Gasteiger charge is -2.26. The predicted molar refractivity (Wildman–Crippen MR) is 83.2 cm³/mol. The van der Waals surface area contributed by atoms with Crippen LogP contribution in [0.2, 0.25) is 0 Å². The molecule has 2 atom stereocenters. The van der Waals surface area contributed by atoms with Gasteiger partial charge in [0, 0.05) is 18.3 Å². The van der Waals surface area contributed by atoms with Gasteiger partial charge in [-0.15, -0.1) is 12.4 Å². The highest BCUT2D eigenvalue weighted by Gasteiger charge is 2.25. The number of halogens is 1. The molecule has 0 saturated carbocycles. The first kappa shape index (κ1) is 15.5. The highest BCUT2D eigenvalue weighted by Crippen LogP contribution is 2.17. The van der Waals surface area contributed by atoms with E-state index in [0.717, 1.165) is 18.5 Å². The maximum absolute atomic E-state index is 12.3. The van der Waals surface area contributed by atoms with Gasteiger partial charge >= 0.3 is 0 Å². The first-order valence-corrected chi connectivity index (χ1v) is 6.83. The SMILES string of the molecule is CC(NC(=O)C1Cc2ccccc2CN1)c1cn[nH]c1.Cl. The zero-order valence-corrected chi connectivity index (χ0v) is 12.6. The highest BCUT2D eigenvalue weighted by atomic mass is 35.5. The third kappa shape index (κ3) is 3.43. The van der Waals surface area contributed by atoms with Gasteiger partial charge in [0.05, 0.1) is 18.3 Å². The van der Waals surface area contributed by atoms with Crippen LogP contribution in [0.3, 0.4) is 0 Å². The van der Waals surface area contributed by atoms with Crippen molar-refractivity contribution in [3.8, 4) is 0 Å². The van der Waals surface area contributed by atoms with Gasteiger partial charge < -0.3 is 10.6 Å². The Hall–Kier alpha value is -1.85. The average Bonchev–Trinajstić information content (AvgIpc) is 3.01. The second kappa shape index (κ2) is 6.74. The van der Waals surface area contributed by atoms with E-state index in [4.69, 9.17) is 0 Å². The van der Waals surface area contributed by atoms with Gasteiger partial charge in [-0.1, -0.05) is 24.3 Å². The molecule has 3 rings (SSSR count). The van der Waals surface area contributed by atoms with Crippen molar-refractivity contribution >= 4 is 18.3 Å². The lowest BCUT2D eigenvalue weighted by Crippen LogP contribution is -2.48. The first-order valence-electron chi connectivity index (χ1n) is 6.83. The second-order valence-corrected chi connectivity index (χ2v) is 5.17. The number of fused-ring (bicyclic) bond motifs is 1. The minimum Gasteiger partial charge on any atom is -0.348 e. The van der Waals surface area contributed by atoms with Crippen molar-refractivity contribution in [2.45, 2.75) is 32.0 Å². The number of hydrogen-bond donors (Lipinski definition) is 3. The van der Waals surface area contributed by atoms with E-state index in [0.29, 0.717) is 0 Å². The summed E-state index contributed by atoms with van der Waals surface area (Å²) in [5.41, 5.74) is 3.51. The highest BCUT2D eigenvalue weighted by molar-refractivity contribution is 5.85. The Morgan fingerprint density at radius 2 is 2.14 bits per heavy atom. The molecule has 0 aliphatic carbocycles. The lowest BCUT2D eigenvalue weighted by atomic mass is 9.95. The smallest absolute Gasteiger partial charge is 0.237 e. The van der Waals surface area contributed by atoms with Gasteiger partial charge in [-0.3, -0.25) is 9.89 Å². The largest absolute Gasteiger partial charge is 0.348 e. The summed E-state index contributed by atoms with van der Waals surface area (Å²) in [5, 5.41) is 13.0. The van der Waals surface area contributed by atoms with Crippen molar-refractivity contribution < 1.29 is 4.79 Å². The Labute approximate surface area is 129 Å². The van der Waals surface area contributed by atoms with Crippen LogP contribution in [0.5, 0.6) is 0 Å². The molecule has 2 aromatic rings. The Morgan fingerprint density at radius 1 is 1.38 bits per heavy atom. The minimum atomic E-state index is -0.167. The fraction of sp³-hybridized carbons (Fsp3) is 0.333. The maximum atomic E-state index is 12.3. The molecule has 6 heteroatoms. The fourth-order valence-corrected chi connectivity index (χ4v) is 2.53. The number of amides is 1. The average molecular weight is 307 g/mol. The quantitative estimate of drug-likeness (QED) is 0.809. The van der Waals surface area contributed by atoms with Gasteiger partial charge in [0.1, 0.15) is 0 Å². The number of benzene rings is 1. The number of rotatable bonds is 3. The molecule has 0 fully saturated rings. The molecule has 1 aliphatic heterocycles. The van der Waals surface area contributed by atoms with Crippen LogP contribution in [0.15, 0.2) is 36.7 Å². The number of carbonyl (C=O) groups excluding carboxylic acids is 1. The number of carbonyl (C=O) groups is 1. The number of nitrogens with zero attached hydrogens (tertiary/aromatic N) is 1. The second-order valence-electron chi connectivity index (χ2n) is 5.17. The van der Waals surface area contributed by atoms with Crippen LogP contribution in [0.4, 0.5) is 0 Å². The Kier molecular flexibility index (Phi) is 4.98. The monoisotopic (exact) mass is 306 g/mol. The van der Waals surface area contributed by atoms with Gasteiger partial charge in [0.15, 0.2) is 0 Å². The molecule has 0 saturated heterocycles. The molecule has 1 aromatic heterocycles. The number of aromatic nitrogens is 2. The summed E-state index contributed by atoms with van der Waals surface area (Å²) >= 11 is 0. The van der Waals surface area contributed by atoms with Crippen molar-refractivity contribution in [2.75, 3.05) is 0 Å². The third-order valence-electron chi connectivity index (χ3n) is 3.78. The van der Waals surface area contributed by atoms with E-state index in [1.54, 1.807) is 12.4 Å². The van der Waals surface area contributed by atoms with Crippen molar-refractivity contribution in [1.29, 1.82) is 0 Å². The van der Waals surface area contributed by atoms with Crippen LogP contribution in [0.1, 0.15) is 29.7 Å². The molecule has 5 nitrogen and oxygen atoms in total. The van der Waals surface area contributed by atoms with Gasteiger partial charge in [0.25, 0.3) is 0 Å². The number of nitrogens with one attached hydrogen (secondary N) is 3. The van der Waals surface area contributed by atoms with E-state index in [9.17, 15) is 4.79 Å². The van der Waals surface area contributed by atoms with E-state index < -0.39 is 0 Å². The molecule has 1 amide bonds. The van der Waals surface area contributed by atoms with E-state index >= 15 is 0 Å². The molecule has 1 aliphatic rings. The predicted octanol–water partition coefficient (Wildman–Crippen LogP) is 1.72. The molecule has 0 spiro atoms. The fourth-order valence-electron chi connectivity index (χ4n) is 2.53. The van der Waals surface area contributed by atoms with Crippen LogP contribution < -0.4 is 10.6 Å². The van der Waals surface area contributed by atoms with E-state index in [-0.39, 0.29) is 30.4 Å². The third-order valence-corrected chi connectivity index (χ3v) is 3.78. The Bertz CT molecular complexity index is 599. The summed E-state index contributed by atoms with van der Waals surface area (Å²) in [6.07, 6.45) is 4.27. The summed E-state index contributed by atoms with van der Waals surface area (Å²) in [4.78, 5) is 12.3. The summed E-state index contributed by atoms with van der Waals surface area (Å²) in [5.74, 6) is 0.0354. The maximum Gasteiger partial charge on any atom is 0.237 e. The molecular formula is C15H19ClN4O. The number of H-pyrrole nitrogens is 1. The molecule has 2 unspecified atom stereocenters. The number of aromatic amines is 1. The van der Waals surface area contributed by atoms with Gasteiger partial charge in [-0.2, -0.15) is 5.10 Å². The Balaban J connectivity index is 0.00000161. The molecule has 0 bridgehead atoms. The molecule has 2 heterocycles. The summed E-state index contributed by atoms with van der Waals surface area (Å²) < 4.78 is 0. The normalized spacial score (nSPS) is 18.2. The van der Waals surface area contributed by atoms with Gasteiger partial charge in [-0.25, -0.2) is 0 Å². The van der Waals surface area contributed by atoms with Crippen molar-refractivity contribution in [3.05, 3.63) is 53.3 Å². The Morgan fingerprint density at radius 3 is 2.86 bits per heavy atom. The number of hydrogen-bond acceptors (Lipinski definition) is 3. The molecule has 21 heavy (non-hydrogen) atoms. The van der Waals surface area contributed by atoms with Gasteiger partial charge in [0.2, 0.25) is 5.91 Å². The van der Waals surface area contributed by atoms with Crippen molar-refractivity contribution in [3.63, 3.8) is 0 Å². The van der Waals surface area contributed by atoms with Crippen LogP contribution >= 0.6 is 12.4 Å². The zero-order valence-electron chi connectivity index (χ0n) is 11.8. The van der Waals surface area contributed by atoms with E-state index in [1.807, 2.05) is 19.1 Å². The summed E-state index contributed by atoms with van der Waals surface area (Å²) in [7, 11) is 0. The van der Waals surface area contributed by atoms with E-state index in [2.05, 4.69) is 33.0 Å². The van der Waals surface area contributed by atoms with Gasteiger partial charge in [-0.05, 0) is 24.5 Å². The van der Waals surface area contributed by atoms with Crippen molar-refractivity contribution in [1.82, 2.24) is 20.8 Å². The van der Waals surface area contributed by atoms with E-state index in [1.165, 1.54) is 11.1 Å². The molecule has 112 valence electrons. The summed E-state index contributed by atoms with van der Waals surface area (Å²) in [6, 6.07) is 8.04. The topological polar surface area (TPSA) is 69.8 Å². The summed E-state index contributed by atoms with van der Waals surface area (Å²) in [6.45, 7) is 2.70. The zero-order chi connectivity index (χ0) is 13.9. The van der Waals surface area contributed by atoms with Crippen molar-refractivity contribution in [2.24, 2.45) is 0 Å². The molecular weight excluding hydrogens is 288 g/mol. The molecule has 3 N–H and O–H groups in total. The van der Waals surface area contributed by atoms with Crippen LogP contribution in [0, 0.1) is 0 Å². The van der Waals surface area contributed by atoms with Crippen LogP contribution in [-0.4, -0.2) is 22.1 Å². The molecule has 1 aromatic carbocycles. The first-order chi connectivity index (χ1) is 9.74. The standard InChI is InChI=1S/C15H18N4O.ClH/c1-10(13-8-17-18-9-13)19-15(20)14-6-11-4-2-3-5-12(11)7-16-14;/h2-5,8-10,14,16H,6-7H2,1H3,(H,17,18)(H,19,20);1H. The lowest BCUT2D eigenvalue weighted by molar-refractivity contribution is -0.124. The minimum absolute atomic E-state index is 0. The van der Waals surface area contributed by atoms with Crippen LogP contribution in [0.25, 0.3) is 0 Å². The molecule has 0 radical (unpaired) electrons. The van der Waals surface area contributed by atoms with Crippen LogP contribution in [-0.2, 0) is 17.8 Å².